The lowest BCUT2D eigenvalue weighted by Gasteiger charge is -2.41. The zero-order valence-electron chi connectivity index (χ0n) is 11.2. The van der Waals surface area contributed by atoms with E-state index in [1.807, 2.05) is 0 Å². The first kappa shape index (κ1) is 14.7. The minimum absolute atomic E-state index is 0.0776. The van der Waals surface area contributed by atoms with E-state index in [1.165, 1.54) is 29.8 Å². The Hall–Kier alpha value is -0.660. The molecule has 1 N–H and O–H groups in total. The van der Waals surface area contributed by atoms with Gasteiger partial charge in [-0.2, -0.15) is 0 Å². The van der Waals surface area contributed by atoms with Gasteiger partial charge in [0, 0.05) is 6.08 Å². The summed E-state index contributed by atoms with van der Waals surface area (Å²) in [5.41, 5.74) is -0.528. The van der Waals surface area contributed by atoms with E-state index in [1.54, 1.807) is 32.0 Å². The van der Waals surface area contributed by atoms with Gasteiger partial charge in [-0.05, 0) is 39.6 Å². The van der Waals surface area contributed by atoms with Crippen LogP contribution in [0.5, 0.6) is 0 Å². The number of aliphatic hydroxyl groups excluding tert-OH is 1. The number of rotatable bonds is 2. The lowest BCUT2D eigenvalue weighted by atomic mass is 9.96. The molecule has 0 aliphatic carbocycles. The van der Waals surface area contributed by atoms with Gasteiger partial charge >= 0.3 is 5.97 Å². The Morgan fingerprint density at radius 2 is 2.16 bits per heavy atom. The van der Waals surface area contributed by atoms with Gasteiger partial charge in [0.25, 0.3) is 0 Å². The SMILES string of the molecule is C[C@@H](O)[C@H]1C(=O)N2S/C(=C/C(=O)OC(C)(C)C)S[C@H]12. The molecule has 5 nitrogen and oxygen atoms in total. The molecule has 0 aromatic carbocycles. The Balaban J connectivity index is 1.99. The molecule has 0 spiro atoms. The summed E-state index contributed by atoms with van der Waals surface area (Å²) in [5.74, 6) is -0.863. The highest BCUT2D eigenvalue weighted by Gasteiger charge is 2.55. The predicted octanol–water partition coefficient (Wildman–Crippen LogP) is 1.73. The zero-order valence-corrected chi connectivity index (χ0v) is 12.9. The molecule has 2 aliphatic rings. The van der Waals surface area contributed by atoms with Crippen molar-refractivity contribution in [2.24, 2.45) is 5.92 Å². The van der Waals surface area contributed by atoms with Crippen LogP contribution in [0.2, 0.25) is 0 Å². The number of esters is 1. The Labute approximate surface area is 120 Å². The minimum Gasteiger partial charge on any atom is -0.457 e. The first-order valence-electron chi connectivity index (χ1n) is 5.99. The number of amides is 1. The van der Waals surface area contributed by atoms with E-state index >= 15 is 0 Å². The summed E-state index contributed by atoms with van der Waals surface area (Å²) in [5, 5.41) is 9.45. The third-order valence-electron chi connectivity index (χ3n) is 2.63. The first-order chi connectivity index (χ1) is 8.69. The topological polar surface area (TPSA) is 66.8 Å². The van der Waals surface area contributed by atoms with Crippen LogP contribution in [0.4, 0.5) is 0 Å². The van der Waals surface area contributed by atoms with Crippen LogP contribution in [-0.2, 0) is 14.3 Å². The molecule has 3 atom stereocenters. The molecule has 0 unspecified atom stereocenters. The number of hydrogen-bond donors (Lipinski definition) is 1. The fourth-order valence-corrected chi connectivity index (χ4v) is 4.69. The summed E-state index contributed by atoms with van der Waals surface area (Å²) >= 11 is 2.66. The number of carbonyl (C=O) groups excluding carboxylic acids is 2. The summed E-state index contributed by atoms with van der Waals surface area (Å²) in [4.78, 5) is 23.4. The summed E-state index contributed by atoms with van der Waals surface area (Å²) in [7, 11) is 0. The molecule has 1 amide bonds. The second kappa shape index (κ2) is 5.03. The molecule has 7 heteroatoms. The van der Waals surface area contributed by atoms with E-state index in [2.05, 4.69) is 0 Å². The molecule has 2 rings (SSSR count). The van der Waals surface area contributed by atoms with Crippen LogP contribution < -0.4 is 0 Å². The van der Waals surface area contributed by atoms with Gasteiger partial charge in [0.2, 0.25) is 5.91 Å². The molecule has 0 aromatic heterocycles. The number of nitrogens with zero attached hydrogens (tertiary/aromatic N) is 1. The lowest BCUT2D eigenvalue weighted by molar-refractivity contribution is -0.148. The second-order valence-corrected chi connectivity index (χ2v) is 7.96. The number of β-lactam (4-membered cyclic amide) rings is 1. The Morgan fingerprint density at radius 1 is 1.53 bits per heavy atom. The smallest absolute Gasteiger partial charge is 0.333 e. The third-order valence-corrected chi connectivity index (χ3v) is 5.27. The van der Waals surface area contributed by atoms with E-state index in [0.717, 1.165) is 4.24 Å². The van der Waals surface area contributed by atoms with Crippen LogP contribution in [0.25, 0.3) is 0 Å². The van der Waals surface area contributed by atoms with Crippen molar-refractivity contribution in [3.05, 3.63) is 10.3 Å². The first-order valence-corrected chi connectivity index (χ1v) is 7.65. The minimum atomic E-state index is -0.664. The number of carbonyl (C=O) groups is 2. The maximum atomic E-state index is 11.7. The lowest BCUT2D eigenvalue weighted by Crippen LogP contribution is -2.57. The van der Waals surface area contributed by atoms with Crippen LogP contribution >= 0.6 is 23.7 Å². The average molecular weight is 303 g/mol. The number of hydrogen-bond acceptors (Lipinski definition) is 6. The van der Waals surface area contributed by atoms with Crippen molar-refractivity contribution in [1.29, 1.82) is 0 Å². The van der Waals surface area contributed by atoms with Gasteiger partial charge in [-0.25, -0.2) is 4.79 Å². The van der Waals surface area contributed by atoms with E-state index in [9.17, 15) is 14.7 Å². The van der Waals surface area contributed by atoms with Crippen LogP contribution in [0.1, 0.15) is 27.7 Å². The van der Waals surface area contributed by atoms with Gasteiger partial charge in [0.15, 0.2) is 0 Å². The molecule has 0 bridgehead atoms. The predicted molar refractivity (Wildman–Crippen MR) is 74.9 cm³/mol. The normalized spacial score (nSPS) is 30.1. The standard InChI is InChI=1S/C12H17NO4S2/c1-6(14)9-10(16)13-11(9)18-8(19-13)5-7(15)17-12(2,3)4/h5-6,9,11,14H,1-4H3/b8-5+/t6-,9+,11-/m1/s1. The van der Waals surface area contributed by atoms with Crippen molar-refractivity contribution in [2.45, 2.75) is 44.8 Å². The number of aliphatic hydroxyl groups is 1. The van der Waals surface area contributed by atoms with Crippen molar-refractivity contribution in [3.63, 3.8) is 0 Å². The fraction of sp³-hybridized carbons (Fsp3) is 0.667. The summed E-state index contributed by atoms with van der Waals surface area (Å²) in [6.07, 6.45) is 0.744. The highest BCUT2D eigenvalue weighted by atomic mass is 32.2. The highest BCUT2D eigenvalue weighted by molar-refractivity contribution is 8.24. The van der Waals surface area contributed by atoms with Crippen molar-refractivity contribution >= 4 is 35.6 Å². The molecule has 0 aromatic rings. The van der Waals surface area contributed by atoms with Crippen LogP contribution in [0.15, 0.2) is 10.3 Å². The molecule has 2 saturated heterocycles. The van der Waals surface area contributed by atoms with E-state index in [4.69, 9.17) is 4.74 Å². The third kappa shape index (κ3) is 3.09. The molecule has 0 saturated carbocycles. The van der Waals surface area contributed by atoms with E-state index in [0.29, 0.717) is 0 Å². The Bertz CT molecular complexity index is 442. The number of ether oxygens (including phenoxy) is 1. The molecule has 0 radical (unpaired) electrons. The molecule has 106 valence electrons. The largest absolute Gasteiger partial charge is 0.457 e. The molecule has 2 fully saturated rings. The zero-order chi connectivity index (χ0) is 14.4. The molecule has 2 aliphatic heterocycles. The van der Waals surface area contributed by atoms with Crippen LogP contribution in [0, 0.1) is 5.92 Å². The van der Waals surface area contributed by atoms with Gasteiger partial charge in [0.05, 0.1) is 16.3 Å². The summed E-state index contributed by atoms with van der Waals surface area (Å²) < 4.78 is 7.52. The molecule has 2 heterocycles. The monoisotopic (exact) mass is 303 g/mol. The fourth-order valence-electron chi connectivity index (χ4n) is 1.85. The van der Waals surface area contributed by atoms with Crippen molar-refractivity contribution in [1.82, 2.24) is 4.31 Å². The van der Waals surface area contributed by atoms with Crippen LogP contribution in [-0.4, -0.2) is 38.4 Å². The average Bonchev–Trinajstić information content (AvgIpc) is 2.53. The van der Waals surface area contributed by atoms with Gasteiger partial charge in [0.1, 0.15) is 11.0 Å². The number of thioether (sulfide) groups is 1. The van der Waals surface area contributed by atoms with E-state index < -0.39 is 17.7 Å². The maximum absolute atomic E-state index is 11.7. The second-order valence-electron chi connectivity index (χ2n) is 5.53. The quantitative estimate of drug-likeness (QED) is 0.363. The van der Waals surface area contributed by atoms with Crippen molar-refractivity contribution in [2.75, 3.05) is 0 Å². The Morgan fingerprint density at radius 3 is 2.68 bits per heavy atom. The Kier molecular flexibility index (Phi) is 3.90. The van der Waals surface area contributed by atoms with Gasteiger partial charge < -0.3 is 9.84 Å². The van der Waals surface area contributed by atoms with Gasteiger partial charge in [-0.15, -0.1) is 0 Å². The van der Waals surface area contributed by atoms with E-state index in [-0.39, 0.29) is 17.2 Å². The molecule has 19 heavy (non-hydrogen) atoms. The maximum Gasteiger partial charge on any atom is 0.333 e. The van der Waals surface area contributed by atoms with Gasteiger partial charge in [-0.1, -0.05) is 11.8 Å². The van der Waals surface area contributed by atoms with Gasteiger partial charge in [-0.3, -0.25) is 9.10 Å². The summed E-state index contributed by atoms with van der Waals surface area (Å²) in [6, 6.07) is 0. The van der Waals surface area contributed by atoms with Crippen molar-refractivity contribution in [3.8, 4) is 0 Å². The van der Waals surface area contributed by atoms with Crippen molar-refractivity contribution < 1.29 is 19.4 Å². The van der Waals surface area contributed by atoms with Crippen LogP contribution in [0.3, 0.4) is 0 Å². The number of fused-ring (bicyclic) bond motifs is 1. The molecular weight excluding hydrogens is 286 g/mol. The highest BCUT2D eigenvalue weighted by Crippen LogP contribution is 2.55. The summed E-state index contributed by atoms with van der Waals surface area (Å²) in [6.45, 7) is 7.02. The molecular formula is C12H17NO4S2.